The van der Waals surface area contributed by atoms with Gasteiger partial charge in [-0.2, -0.15) is 5.21 Å². The second kappa shape index (κ2) is 5.79. The smallest absolute Gasteiger partial charge is 0.193 e. The summed E-state index contributed by atoms with van der Waals surface area (Å²) in [5.41, 5.74) is 0.556. The van der Waals surface area contributed by atoms with Crippen molar-refractivity contribution in [2.24, 2.45) is 0 Å². The molecule has 19 heavy (non-hydrogen) atoms. The van der Waals surface area contributed by atoms with Crippen LogP contribution in [0.5, 0.6) is 0 Å². The molecule has 0 aliphatic rings. The first-order chi connectivity index (χ1) is 9.13. The number of anilines is 1. The van der Waals surface area contributed by atoms with E-state index >= 15 is 0 Å². The molecule has 1 heterocycles. The summed E-state index contributed by atoms with van der Waals surface area (Å²) in [4.78, 5) is 0.306. The van der Waals surface area contributed by atoms with Crippen molar-refractivity contribution in [2.75, 3.05) is 11.1 Å². The number of aromatic amines is 1. The zero-order chi connectivity index (χ0) is 13.7. The van der Waals surface area contributed by atoms with E-state index in [-0.39, 0.29) is 5.75 Å². The molecule has 102 valence electrons. The van der Waals surface area contributed by atoms with Crippen molar-refractivity contribution in [3.8, 4) is 0 Å². The summed E-state index contributed by atoms with van der Waals surface area (Å²) in [6, 6.07) is 6.82. The van der Waals surface area contributed by atoms with Crippen LogP contribution in [0.2, 0.25) is 0 Å². The normalized spacial score (nSPS) is 11.4. The maximum absolute atomic E-state index is 12.1. The first-order valence-corrected chi connectivity index (χ1v) is 7.56. The predicted octanol–water partition coefficient (Wildman–Crippen LogP) is 0.995. The molecular weight excluding hydrogens is 266 g/mol. The molecule has 1 aromatic carbocycles. The van der Waals surface area contributed by atoms with E-state index < -0.39 is 9.84 Å². The van der Waals surface area contributed by atoms with Crippen LogP contribution in [0.25, 0.3) is 0 Å². The Hall–Kier alpha value is -1.96. The third-order valence-corrected chi connectivity index (χ3v) is 4.49. The molecule has 0 saturated heterocycles. The quantitative estimate of drug-likeness (QED) is 0.819. The van der Waals surface area contributed by atoms with Crippen LogP contribution < -0.4 is 5.32 Å². The van der Waals surface area contributed by atoms with Crippen LogP contribution in [0, 0.1) is 0 Å². The van der Waals surface area contributed by atoms with Gasteiger partial charge in [0.2, 0.25) is 0 Å². The van der Waals surface area contributed by atoms with Gasteiger partial charge in [-0.25, -0.2) is 8.42 Å². The summed E-state index contributed by atoms with van der Waals surface area (Å²) >= 11 is 0. The van der Waals surface area contributed by atoms with Crippen molar-refractivity contribution in [1.82, 2.24) is 20.6 Å². The standard InChI is InChI=1S/C11H15N5O2S/c1-2-7-19(17,18)10-6-4-3-5-9(10)12-8-11-13-15-16-14-11/h3-6,12H,2,7-8H2,1H3,(H,13,14,15,16). The number of sulfone groups is 1. The highest BCUT2D eigenvalue weighted by Gasteiger charge is 2.17. The molecule has 8 heteroatoms. The minimum atomic E-state index is -3.26. The Balaban J connectivity index is 2.21. The molecule has 0 fully saturated rings. The summed E-state index contributed by atoms with van der Waals surface area (Å²) in [5, 5.41) is 16.4. The Kier molecular flexibility index (Phi) is 4.10. The van der Waals surface area contributed by atoms with E-state index in [9.17, 15) is 8.42 Å². The Morgan fingerprint density at radius 3 is 2.79 bits per heavy atom. The van der Waals surface area contributed by atoms with Crippen LogP contribution in [0.4, 0.5) is 5.69 Å². The molecular formula is C11H15N5O2S. The maximum Gasteiger partial charge on any atom is 0.193 e. The van der Waals surface area contributed by atoms with Crippen LogP contribution in [0.1, 0.15) is 19.2 Å². The van der Waals surface area contributed by atoms with Gasteiger partial charge in [0.1, 0.15) is 0 Å². The fraction of sp³-hybridized carbons (Fsp3) is 0.364. The third kappa shape index (κ3) is 3.28. The molecule has 2 N–H and O–H groups in total. The molecule has 0 aliphatic heterocycles. The topological polar surface area (TPSA) is 101 Å². The second-order valence-electron chi connectivity index (χ2n) is 4.00. The first-order valence-electron chi connectivity index (χ1n) is 5.91. The van der Waals surface area contributed by atoms with Gasteiger partial charge in [0.25, 0.3) is 0 Å². The Bertz CT molecular complexity index is 624. The Morgan fingerprint density at radius 2 is 2.11 bits per heavy atom. The van der Waals surface area contributed by atoms with Gasteiger partial charge in [0.15, 0.2) is 15.7 Å². The van der Waals surface area contributed by atoms with E-state index in [1.54, 1.807) is 24.3 Å². The molecule has 0 spiro atoms. The number of hydrogen-bond acceptors (Lipinski definition) is 6. The molecule has 0 aliphatic carbocycles. The number of nitrogens with zero attached hydrogens (tertiary/aromatic N) is 3. The second-order valence-corrected chi connectivity index (χ2v) is 6.07. The average Bonchev–Trinajstić information content (AvgIpc) is 2.90. The lowest BCUT2D eigenvalue weighted by atomic mass is 10.3. The van der Waals surface area contributed by atoms with Crippen LogP contribution in [0.15, 0.2) is 29.2 Å². The maximum atomic E-state index is 12.1. The van der Waals surface area contributed by atoms with Crippen LogP contribution in [-0.2, 0) is 16.4 Å². The molecule has 2 aromatic rings. The van der Waals surface area contributed by atoms with E-state index in [1.165, 1.54) is 0 Å². The van der Waals surface area contributed by atoms with Gasteiger partial charge in [-0.05, 0) is 18.6 Å². The summed E-state index contributed by atoms with van der Waals surface area (Å²) in [7, 11) is -3.26. The van der Waals surface area contributed by atoms with Crippen molar-refractivity contribution in [2.45, 2.75) is 24.8 Å². The number of H-pyrrole nitrogens is 1. The van der Waals surface area contributed by atoms with E-state index in [0.717, 1.165) is 0 Å². The van der Waals surface area contributed by atoms with Gasteiger partial charge in [0.05, 0.1) is 22.9 Å². The molecule has 0 atom stereocenters. The van der Waals surface area contributed by atoms with Gasteiger partial charge >= 0.3 is 0 Å². The number of rotatable bonds is 6. The van der Waals surface area contributed by atoms with Gasteiger partial charge < -0.3 is 5.32 Å². The Morgan fingerprint density at radius 1 is 1.32 bits per heavy atom. The number of nitrogens with one attached hydrogen (secondary N) is 2. The predicted molar refractivity (Wildman–Crippen MR) is 70.3 cm³/mol. The fourth-order valence-corrected chi connectivity index (χ4v) is 3.21. The highest BCUT2D eigenvalue weighted by atomic mass is 32.2. The lowest BCUT2D eigenvalue weighted by Crippen LogP contribution is -2.10. The minimum Gasteiger partial charge on any atom is -0.377 e. The molecule has 0 unspecified atom stereocenters. The zero-order valence-corrected chi connectivity index (χ0v) is 11.3. The van der Waals surface area contributed by atoms with Crippen LogP contribution in [-0.4, -0.2) is 34.8 Å². The van der Waals surface area contributed by atoms with Crippen molar-refractivity contribution < 1.29 is 8.42 Å². The lowest BCUT2D eigenvalue weighted by molar-refractivity contribution is 0.595. The monoisotopic (exact) mass is 281 g/mol. The number of tetrazole rings is 1. The summed E-state index contributed by atoms with van der Waals surface area (Å²) in [6.07, 6.45) is 0.585. The van der Waals surface area contributed by atoms with Gasteiger partial charge in [-0.15, -0.1) is 10.2 Å². The van der Waals surface area contributed by atoms with Crippen molar-refractivity contribution >= 4 is 15.5 Å². The number of hydrogen-bond donors (Lipinski definition) is 2. The first kappa shape index (κ1) is 13.5. The van der Waals surface area contributed by atoms with E-state index in [0.29, 0.717) is 29.4 Å². The number of aromatic nitrogens is 4. The van der Waals surface area contributed by atoms with E-state index in [1.807, 2.05) is 6.92 Å². The number of para-hydroxylation sites is 1. The largest absolute Gasteiger partial charge is 0.377 e. The molecule has 0 radical (unpaired) electrons. The van der Waals surface area contributed by atoms with Crippen LogP contribution in [0.3, 0.4) is 0 Å². The van der Waals surface area contributed by atoms with Gasteiger partial charge in [-0.3, -0.25) is 0 Å². The van der Waals surface area contributed by atoms with E-state index in [4.69, 9.17) is 0 Å². The SMILES string of the molecule is CCCS(=O)(=O)c1ccccc1NCc1nn[nH]n1. The minimum absolute atomic E-state index is 0.133. The average molecular weight is 281 g/mol. The summed E-state index contributed by atoms with van der Waals surface area (Å²) < 4.78 is 24.2. The summed E-state index contributed by atoms with van der Waals surface area (Å²) in [5.74, 6) is 0.608. The fourth-order valence-electron chi connectivity index (χ4n) is 1.69. The molecule has 0 saturated carbocycles. The van der Waals surface area contributed by atoms with Gasteiger partial charge in [-0.1, -0.05) is 24.3 Å². The third-order valence-electron chi connectivity index (χ3n) is 2.52. The highest BCUT2D eigenvalue weighted by Crippen LogP contribution is 2.22. The van der Waals surface area contributed by atoms with Crippen molar-refractivity contribution in [3.05, 3.63) is 30.1 Å². The molecule has 7 nitrogen and oxygen atoms in total. The lowest BCUT2D eigenvalue weighted by Gasteiger charge is -2.10. The molecule has 0 amide bonds. The molecule has 0 bridgehead atoms. The molecule has 2 rings (SSSR count). The Labute approximate surface area is 111 Å². The summed E-state index contributed by atoms with van der Waals surface area (Å²) in [6.45, 7) is 2.15. The van der Waals surface area contributed by atoms with Crippen molar-refractivity contribution in [1.29, 1.82) is 0 Å². The van der Waals surface area contributed by atoms with Crippen LogP contribution >= 0.6 is 0 Å². The molecule has 1 aromatic heterocycles. The highest BCUT2D eigenvalue weighted by molar-refractivity contribution is 7.91. The van der Waals surface area contributed by atoms with Crippen molar-refractivity contribution in [3.63, 3.8) is 0 Å². The van der Waals surface area contributed by atoms with Gasteiger partial charge in [0, 0.05) is 0 Å². The number of benzene rings is 1. The zero-order valence-electron chi connectivity index (χ0n) is 10.5. The van der Waals surface area contributed by atoms with E-state index in [2.05, 4.69) is 25.9 Å².